The molecule has 0 bridgehead atoms. The monoisotopic (exact) mass is 567 g/mol. The number of nitrogens with one attached hydrogen (secondary N) is 1. The van der Waals surface area contributed by atoms with Crippen molar-refractivity contribution >= 4 is 68.1 Å². The summed E-state index contributed by atoms with van der Waals surface area (Å²) < 4.78 is 27.0. The number of hydrogen-bond acceptors (Lipinski definition) is 6. The molecule has 2 aromatic carbocycles. The maximum atomic E-state index is 12.8. The Morgan fingerprint density at radius 2 is 1.72 bits per heavy atom. The predicted molar refractivity (Wildman–Crippen MR) is 141 cm³/mol. The lowest BCUT2D eigenvalue weighted by molar-refractivity contribution is -0.122. The van der Waals surface area contributed by atoms with Crippen LogP contribution in [0.2, 0.25) is 10.0 Å². The first-order valence-electron chi connectivity index (χ1n) is 11.3. The highest BCUT2D eigenvalue weighted by atomic mass is 35.5. The van der Waals surface area contributed by atoms with E-state index >= 15 is 0 Å². The maximum Gasteiger partial charge on any atom is 0.293 e. The van der Waals surface area contributed by atoms with Crippen molar-refractivity contribution in [2.75, 3.05) is 26.2 Å². The van der Waals surface area contributed by atoms with Gasteiger partial charge in [0.1, 0.15) is 0 Å². The third kappa shape index (κ3) is 5.78. The molecule has 2 aliphatic heterocycles. The van der Waals surface area contributed by atoms with Gasteiger partial charge in [0.2, 0.25) is 10.0 Å². The highest BCUT2D eigenvalue weighted by Gasteiger charge is 2.35. The van der Waals surface area contributed by atoms with Crippen LogP contribution >= 0.6 is 35.0 Å². The Balaban J connectivity index is 1.34. The summed E-state index contributed by atoms with van der Waals surface area (Å²) in [6, 6.07) is 10.7. The molecule has 36 heavy (non-hydrogen) atoms. The van der Waals surface area contributed by atoms with Crippen LogP contribution in [0.15, 0.2) is 52.3 Å². The normalized spacial score (nSPS) is 18.2. The highest BCUT2D eigenvalue weighted by Crippen LogP contribution is 2.34. The molecule has 0 spiro atoms. The number of piperidine rings is 1. The SMILES string of the molecule is O=C(NCCN1C(=O)S/C(=C\c2cccc(Cl)c2Cl)C1=O)c1ccc(S(=O)(=O)N2CCCCC2)cc1. The number of halogens is 2. The van der Waals surface area contributed by atoms with E-state index < -0.39 is 27.1 Å². The van der Waals surface area contributed by atoms with Gasteiger partial charge in [0, 0.05) is 31.7 Å². The van der Waals surface area contributed by atoms with E-state index in [0.29, 0.717) is 23.7 Å². The molecular weight excluding hydrogens is 545 g/mol. The van der Waals surface area contributed by atoms with E-state index in [1.807, 2.05) is 0 Å². The molecule has 0 atom stereocenters. The second-order valence-electron chi connectivity index (χ2n) is 8.22. The smallest absolute Gasteiger partial charge is 0.293 e. The molecular formula is C24H23Cl2N3O5S2. The van der Waals surface area contributed by atoms with Crippen LogP contribution < -0.4 is 5.32 Å². The van der Waals surface area contributed by atoms with E-state index in [0.717, 1.165) is 35.9 Å². The van der Waals surface area contributed by atoms with E-state index in [4.69, 9.17) is 23.2 Å². The minimum Gasteiger partial charge on any atom is -0.350 e. The lowest BCUT2D eigenvalue weighted by Gasteiger charge is -2.25. The number of carbonyl (C=O) groups is 3. The summed E-state index contributed by atoms with van der Waals surface area (Å²) in [5.41, 5.74) is 0.797. The molecule has 0 aromatic heterocycles. The summed E-state index contributed by atoms with van der Waals surface area (Å²) in [7, 11) is -3.58. The van der Waals surface area contributed by atoms with Crippen molar-refractivity contribution in [3.63, 3.8) is 0 Å². The highest BCUT2D eigenvalue weighted by molar-refractivity contribution is 8.18. The largest absolute Gasteiger partial charge is 0.350 e. The van der Waals surface area contributed by atoms with Crippen LogP contribution in [0.1, 0.15) is 35.2 Å². The van der Waals surface area contributed by atoms with Crippen molar-refractivity contribution in [1.82, 2.24) is 14.5 Å². The average Bonchev–Trinajstić information content (AvgIpc) is 3.14. The van der Waals surface area contributed by atoms with Crippen LogP contribution in [0, 0.1) is 0 Å². The number of carbonyl (C=O) groups excluding carboxylic acids is 3. The van der Waals surface area contributed by atoms with Crippen LogP contribution in [0.5, 0.6) is 0 Å². The topological polar surface area (TPSA) is 104 Å². The number of sulfonamides is 1. The summed E-state index contributed by atoms with van der Waals surface area (Å²) in [5, 5.41) is 2.83. The van der Waals surface area contributed by atoms with E-state index in [2.05, 4.69) is 5.32 Å². The van der Waals surface area contributed by atoms with Gasteiger partial charge in [0.25, 0.3) is 17.1 Å². The average molecular weight is 569 g/mol. The molecule has 4 rings (SSSR count). The Morgan fingerprint density at radius 1 is 1.03 bits per heavy atom. The predicted octanol–water partition coefficient (Wildman–Crippen LogP) is 4.63. The van der Waals surface area contributed by atoms with Gasteiger partial charge in [0.05, 0.1) is 19.8 Å². The van der Waals surface area contributed by atoms with Crippen molar-refractivity contribution in [2.24, 2.45) is 0 Å². The molecule has 0 radical (unpaired) electrons. The quantitative estimate of drug-likeness (QED) is 0.489. The number of benzene rings is 2. The number of rotatable bonds is 7. The number of hydrogen-bond donors (Lipinski definition) is 1. The lowest BCUT2D eigenvalue weighted by atomic mass is 10.2. The van der Waals surface area contributed by atoms with Crippen molar-refractivity contribution < 1.29 is 22.8 Å². The van der Waals surface area contributed by atoms with Gasteiger partial charge in [-0.2, -0.15) is 4.31 Å². The van der Waals surface area contributed by atoms with Gasteiger partial charge in [-0.3, -0.25) is 19.3 Å². The molecule has 3 amide bonds. The first kappa shape index (κ1) is 26.7. The summed E-state index contributed by atoms with van der Waals surface area (Å²) in [6.45, 7) is 1.02. The van der Waals surface area contributed by atoms with Crippen molar-refractivity contribution in [1.29, 1.82) is 0 Å². The van der Waals surface area contributed by atoms with Gasteiger partial charge in [-0.15, -0.1) is 0 Å². The Morgan fingerprint density at radius 3 is 2.42 bits per heavy atom. The fourth-order valence-electron chi connectivity index (χ4n) is 3.88. The van der Waals surface area contributed by atoms with Crippen LogP contribution in [0.25, 0.3) is 6.08 Å². The number of amides is 3. The molecule has 2 fully saturated rings. The first-order chi connectivity index (χ1) is 17.2. The summed E-state index contributed by atoms with van der Waals surface area (Å²) in [6.07, 6.45) is 4.21. The zero-order chi connectivity index (χ0) is 25.9. The van der Waals surface area contributed by atoms with Crippen LogP contribution in [0.4, 0.5) is 4.79 Å². The summed E-state index contributed by atoms with van der Waals surface area (Å²) >= 11 is 13.0. The first-order valence-corrected chi connectivity index (χ1v) is 14.3. The fraction of sp³-hybridized carbons (Fsp3) is 0.292. The van der Waals surface area contributed by atoms with Gasteiger partial charge in [-0.25, -0.2) is 8.42 Å². The summed E-state index contributed by atoms with van der Waals surface area (Å²) in [4.78, 5) is 38.9. The minimum absolute atomic E-state index is 0.0154. The molecule has 190 valence electrons. The Labute approximate surface area is 223 Å². The second-order valence-corrected chi connectivity index (χ2v) is 11.9. The summed E-state index contributed by atoms with van der Waals surface area (Å²) in [5.74, 6) is -0.923. The molecule has 0 unspecified atom stereocenters. The second kappa shape index (κ2) is 11.4. The van der Waals surface area contributed by atoms with E-state index in [-0.39, 0.29) is 33.5 Å². The Hall–Kier alpha value is -2.37. The maximum absolute atomic E-state index is 12.8. The molecule has 2 aromatic rings. The zero-order valence-corrected chi connectivity index (χ0v) is 22.2. The molecule has 1 N–H and O–H groups in total. The minimum atomic E-state index is -3.58. The molecule has 8 nitrogen and oxygen atoms in total. The van der Waals surface area contributed by atoms with Gasteiger partial charge in [-0.1, -0.05) is 41.8 Å². The van der Waals surface area contributed by atoms with Gasteiger partial charge in [-0.05, 0) is 66.6 Å². The van der Waals surface area contributed by atoms with E-state index in [9.17, 15) is 22.8 Å². The molecule has 12 heteroatoms. The lowest BCUT2D eigenvalue weighted by Crippen LogP contribution is -2.37. The number of thioether (sulfide) groups is 1. The van der Waals surface area contributed by atoms with E-state index in [1.165, 1.54) is 34.6 Å². The third-order valence-electron chi connectivity index (χ3n) is 5.83. The molecule has 2 aliphatic rings. The fourth-order valence-corrected chi connectivity index (χ4v) is 6.62. The van der Waals surface area contributed by atoms with E-state index in [1.54, 1.807) is 18.2 Å². The van der Waals surface area contributed by atoms with Crippen molar-refractivity contribution in [2.45, 2.75) is 24.2 Å². The molecule has 2 saturated heterocycles. The van der Waals surface area contributed by atoms with Crippen LogP contribution in [-0.2, 0) is 14.8 Å². The standard InChI is InChI=1S/C24H23Cl2N3O5S2/c25-19-6-4-5-17(21(19)26)15-20-23(31)29(24(32)35-20)14-11-27-22(30)16-7-9-18(10-8-16)36(33,34)28-12-2-1-3-13-28/h4-10,15H,1-3,11-14H2,(H,27,30)/b20-15-. The molecule has 2 heterocycles. The Bertz CT molecular complexity index is 1320. The number of imide groups is 1. The van der Waals surface area contributed by atoms with Crippen LogP contribution in [0.3, 0.4) is 0 Å². The number of nitrogens with zero attached hydrogens (tertiary/aromatic N) is 2. The van der Waals surface area contributed by atoms with Crippen LogP contribution in [-0.4, -0.2) is 60.9 Å². The van der Waals surface area contributed by atoms with Crippen molar-refractivity contribution in [3.8, 4) is 0 Å². The van der Waals surface area contributed by atoms with Gasteiger partial charge >= 0.3 is 0 Å². The third-order valence-corrected chi connectivity index (χ3v) is 9.49. The van der Waals surface area contributed by atoms with Crippen molar-refractivity contribution in [3.05, 3.63) is 68.5 Å². The van der Waals surface area contributed by atoms with Gasteiger partial charge in [0.15, 0.2) is 0 Å². The van der Waals surface area contributed by atoms with Gasteiger partial charge < -0.3 is 5.32 Å². The molecule has 0 saturated carbocycles. The zero-order valence-electron chi connectivity index (χ0n) is 19.1. The Kier molecular flexibility index (Phi) is 8.41. The molecule has 0 aliphatic carbocycles.